The van der Waals surface area contributed by atoms with Crippen molar-refractivity contribution in [3.05, 3.63) is 12.2 Å². The van der Waals surface area contributed by atoms with Gasteiger partial charge in [-0.1, -0.05) is 212 Å². The van der Waals surface area contributed by atoms with Crippen LogP contribution in [0.4, 0.5) is 0 Å². The normalized spacial score (nSPS) is 12.9. The first-order valence-corrected chi connectivity index (χ1v) is 20.9. The van der Waals surface area contributed by atoms with E-state index in [1.54, 1.807) is 6.08 Å². The number of ketones is 1. The number of Topliss-reactive ketones (excluding diaryl/α,β-unsaturated/α-hetero) is 1. The van der Waals surface area contributed by atoms with Gasteiger partial charge < -0.3 is 15.5 Å². The van der Waals surface area contributed by atoms with Crippen LogP contribution >= 0.6 is 0 Å². The number of hydrogen-bond acceptors (Lipinski definition) is 4. The van der Waals surface area contributed by atoms with Gasteiger partial charge in [0.25, 0.3) is 5.91 Å². The van der Waals surface area contributed by atoms with Gasteiger partial charge in [-0.3, -0.25) is 9.59 Å². The van der Waals surface area contributed by atoms with E-state index >= 15 is 0 Å². The van der Waals surface area contributed by atoms with Crippen LogP contribution in [0.5, 0.6) is 0 Å². The fraction of sp³-hybridized carbons (Fsp3) is 0.905. The lowest BCUT2D eigenvalue weighted by atomic mass is 10.0. The largest absolute Gasteiger partial charge is 0.394 e. The van der Waals surface area contributed by atoms with Crippen molar-refractivity contribution < 1.29 is 19.8 Å². The molecular formula is C42H81NO4. The van der Waals surface area contributed by atoms with Gasteiger partial charge in [-0.25, -0.2) is 0 Å². The fourth-order valence-electron chi connectivity index (χ4n) is 6.44. The van der Waals surface area contributed by atoms with Crippen LogP contribution in [-0.4, -0.2) is 40.7 Å². The smallest absolute Gasteiger partial charge is 0.287 e. The van der Waals surface area contributed by atoms with Gasteiger partial charge in [0.2, 0.25) is 5.78 Å². The Morgan fingerprint density at radius 1 is 0.511 bits per heavy atom. The van der Waals surface area contributed by atoms with Gasteiger partial charge in [0, 0.05) is 6.42 Å². The predicted octanol–water partition coefficient (Wildman–Crippen LogP) is 11.9. The minimum Gasteiger partial charge on any atom is -0.394 e. The molecule has 0 aromatic carbocycles. The highest BCUT2D eigenvalue weighted by Crippen LogP contribution is 2.16. The number of allylic oxidation sites excluding steroid dienone is 1. The summed E-state index contributed by atoms with van der Waals surface area (Å²) < 4.78 is 0. The Bertz CT molecular complexity index is 694. The standard InChI is InChI=1S/C42H81NO4/c1-3-5-7-9-11-13-15-17-18-19-20-21-22-23-25-27-29-31-33-35-37-41(46)42(47)43-39(38-44)40(45)36-34-32-30-28-26-24-16-14-12-10-8-6-4-2/h34,36,39-40,44-45H,3-33,35,37-38H2,1-2H3,(H,43,47)/b36-34+. The molecule has 0 aliphatic rings. The van der Waals surface area contributed by atoms with Crippen LogP contribution in [0.3, 0.4) is 0 Å². The van der Waals surface area contributed by atoms with Crippen molar-refractivity contribution in [3.8, 4) is 0 Å². The third-order valence-corrected chi connectivity index (χ3v) is 9.74. The maximum absolute atomic E-state index is 12.3. The Morgan fingerprint density at radius 2 is 0.830 bits per heavy atom. The second kappa shape index (κ2) is 37.6. The molecule has 47 heavy (non-hydrogen) atoms. The highest BCUT2D eigenvalue weighted by Gasteiger charge is 2.22. The van der Waals surface area contributed by atoms with Crippen LogP contribution in [0.25, 0.3) is 0 Å². The highest BCUT2D eigenvalue weighted by atomic mass is 16.3. The summed E-state index contributed by atoms with van der Waals surface area (Å²) in [4.78, 5) is 24.6. The first-order valence-electron chi connectivity index (χ1n) is 20.9. The molecule has 0 bridgehead atoms. The number of aliphatic hydroxyl groups is 2. The highest BCUT2D eigenvalue weighted by molar-refractivity contribution is 6.36. The van der Waals surface area contributed by atoms with E-state index in [2.05, 4.69) is 19.2 Å². The molecule has 0 rings (SSSR count). The molecule has 0 saturated carbocycles. The third kappa shape index (κ3) is 33.1. The minimum absolute atomic E-state index is 0.230. The van der Waals surface area contributed by atoms with Crippen LogP contribution in [-0.2, 0) is 9.59 Å². The van der Waals surface area contributed by atoms with E-state index in [1.807, 2.05) is 6.08 Å². The van der Waals surface area contributed by atoms with Crippen molar-refractivity contribution in [2.75, 3.05) is 6.61 Å². The number of hydrogen-bond donors (Lipinski definition) is 3. The molecule has 0 radical (unpaired) electrons. The van der Waals surface area contributed by atoms with E-state index < -0.39 is 30.4 Å². The summed E-state index contributed by atoms with van der Waals surface area (Å²) in [6.07, 6.45) is 44.1. The van der Waals surface area contributed by atoms with Gasteiger partial charge in [0.05, 0.1) is 18.8 Å². The molecule has 2 unspecified atom stereocenters. The van der Waals surface area contributed by atoms with E-state index in [4.69, 9.17) is 0 Å². The van der Waals surface area contributed by atoms with Gasteiger partial charge in [-0.05, 0) is 19.3 Å². The Kier molecular flexibility index (Phi) is 36.7. The van der Waals surface area contributed by atoms with Crippen molar-refractivity contribution in [3.63, 3.8) is 0 Å². The third-order valence-electron chi connectivity index (χ3n) is 9.74. The maximum atomic E-state index is 12.3. The van der Waals surface area contributed by atoms with Crippen molar-refractivity contribution >= 4 is 11.7 Å². The summed E-state index contributed by atoms with van der Waals surface area (Å²) in [6, 6.07) is -0.852. The van der Waals surface area contributed by atoms with Gasteiger partial charge in [-0.2, -0.15) is 0 Å². The summed E-state index contributed by atoms with van der Waals surface area (Å²) >= 11 is 0. The molecular weight excluding hydrogens is 582 g/mol. The summed E-state index contributed by atoms with van der Waals surface area (Å²) in [5, 5.41) is 22.6. The predicted molar refractivity (Wildman–Crippen MR) is 203 cm³/mol. The Morgan fingerprint density at radius 3 is 1.17 bits per heavy atom. The van der Waals surface area contributed by atoms with Crippen LogP contribution in [0.15, 0.2) is 12.2 Å². The fourth-order valence-corrected chi connectivity index (χ4v) is 6.44. The molecule has 0 aromatic heterocycles. The summed E-state index contributed by atoms with van der Waals surface area (Å²) in [6.45, 7) is 4.14. The van der Waals surface area contributed by atoms with Crippen molar-refractivity contribution in [2.45, 2.75) is 238 Å². The molecule has 0 spiro atoms. The number of nitrogens with one attached hydrogen (secondary N) is 1. The number of carbonyl (C=O) groups is 2. The van der Waals surface area contributed by atoms with Gasteiger partial charge in [0.1, 0.15) is 0 Å². The molecule has 0 aliphatic heterocycles. The van der Waals surface area contributed by atoms with Crippen LogP contribution < -0.4 is 5.32 Å². The van der Waals surface area contributed by atoms with Gasteiger partial charge >= 0.3 is 0 Å². The molecule has 278 valence electrons. The van der Waals surface area contributed by atoms with Crippen molar-refractivity contribution in [2.24, 2.45) is 0 Å². The molecule has 3 N–H and O–H groups in total. The van der Waals surface area contributed by atoms with E-state index in [1.165, 1.54) is 173 Å². The molecule has 1 amide bonds. The Balaban J connectivity index is 3.64. The zero-order chi connectivity index (χ0) is 34.5. The Hall–Kier alpha value is -1.20. The number of unbranched alkanes of at least 4 members (excludes halogenated alkanes) is 30. The average Bonchev–Trinajstić information content (AvgIpc) is 3.07. The molecule has 0 heterocycles. The van der Waals surface area contributed by atoms with Crippen molar-refractivity contribution in [1.29, 1.82) is 0 Å². The summed E-state index contributed by atoms with van der Waals surface area (Å²) in [5.41, 5.74) is 0. The van der Waals surface area contributed by atoms with Crippen LogP contribution in [0.2, 0.25) is 0 Å². The number of aliphatic hydroxyl groups excluding tert-OH is 2. The molecule has 2 atom stereocenters. The SMILES string of the molecule is CCCCCCCCCCCCC/C=C/C(O)C(CO)NC(=O)C(=O)CCCCCCCCCCCCCCCCCCCCCC. The molecule has 5 heteroatoms. The number of rotatable bonds is 38. The van der Waals surface area contributed by atoms with Crippen LogP contribution in [0.1, 0.15) is 226 Å². The van der Waals surface area contributed by atoms with E-state index in [-0.39, 0.29) is 6.42 Å². The lowest BCUT2D eigenvalue weighted by molar-refractivity contribution is -0.139. The van der Waals surface area contributed by atoms with E-state index in [0.717, 1.165) is 32.1 Å². The first-order chi connectivity index (χ1) is 23.1. The second-order valence-electron chi connectivity index (χ2n) is 14.4. The maximum Gasteiger partial charge on any atom is 0.287 e. The van der Waals surface area contributed by atoms with E-state index in [9.17, 15) is 19.8 Å². The molecule has 5 nitrogen and oxygen atoms in total. The Labute approximate surface area is 292 Å². The summed E-state index contributed by atoms with van der Waals surface area (Å²) in [7, 11) is 0. The number of carbonyl (C=O) groups excluding carboxylic acids is 2. The van der Waals surface area contributed by atoms with Gasteiger partial charge in [0.15, 0.2) is 0 Å². The monoisotopic (exact) mass is 664 g/mol. The topological polar surface area (TPSA) is 86.6 Å². The molecule has 0 aromatic rings. The van der Waals surface area contributed by atoms with E-state index in [0.29, 0.717) is 0 Å². The van der Waals surface area contributed by atoms with Crippen LogP contribution in [0, 0.1) is 0 Å². The lowest BCUT2D eigenvalue weighted by Gasteiger charge is -2.19. The summed E-state index contributed by atoms with van der Waals surface area (Å²) in [5.74, 6) is -1.15. The average molecular weight is 664 g/mol. The zero-order valence-corrected chi connectivity index (χ0v) is 31.6. The molecule has 0 fully saturated rings. The van der Waals surface area contributed by atoms with Gasteiger partial charge in [-0.15, -0.1) is 0 Å². The molecule has 0 saturated heterocycles. The zero-order valence-electron chi connectivity index (χ0n) is 31.6. The molecule has 0 aliphatic carbocycles. The number of amides is 1. The van der Waals surface area contributed by atoms with Crippen molar-refractivity contribution in [1.82, 2.24) is 5.32 Å². The second-order valence-corrected chi connectivity index (χ2v) is 14.4. The first kappa shape index (κ1) is 45.8. The minimum atomic E-state index is -0.996. The lowest BCUT2D eigenvalue weighted by Crippen LogP contribution is -2.47. The quantitative estimate of drug-likeness (QED) is 0.0348.